The van der Waals surface area contributed by atoms with E-state index in [-0.39, 0.29) is 10.8 Å². The Bertz CT molecular complexity index is 1200. The minimum atomic E-state index is -3.74. The van der Waals surface area contributed by atoms with Crippen molar-refractivity contribution in [2.45, 2.75) is 18.7 Å². The molecule has 1 heterocycles. The van der Waals surface area contributed by atoms with Gasteiger partial charge in [-0.15, -0.1) is 0 Å². The van der Waals surface area contributed by atoms with E-state index < -0.39 is 10.0 Å². The summed E-state index contributed by atoms with van der Waals surface area (Å²) >= 11 is 3.34. The van der Waals surface area contributed by atoms with Gasteiger partial charge >= 0.3 is 0 Å². The fourth-order valence-electron chi connectivity index (χ4n) is 2.97. The Morgan fingerprint density at radius 3 is 2.41 bits per heavy atom. The lowest BCUT2D eigenvalue weighted by Gasteiger charge is -2.10. The van der Waals surface area contributed by atoms with Crippen LogP contribution in [-0.2, 0) is 10.0 Å². The molecule has 0 unspecified atom stereocenters. The zero-order valence-corrected chi connectivity index (χ0v) is 18.2. The van der Waals surface area contributed by atoms with E-state index >= 15 is 0 Å². The summed E-state index contributed by atoms with van der Waals surface area (Å²) in [5.41, 5.74) is 6.46. The molecule has 0 saturated heterocycles. The van der Waals surface area contributed by atoms with E-state index in [1.807, 2.05) is 30.5 Å². The summed E-state index contributed by atoms with van der Waals surface area (Å²) in [6.07, 6.45) is 1.58. The van der Waals surface area contributed by atoms with E-state index in [9.17, 15) is 13.2 Å². The molecule has 7 nitrogen and oxygen atoms in total. The Morgan fingerprint density at radius 2 is 1.79 bits per heavy atom. The normalized spacial score (nSPS) is 11.7. The number of aryl methyl sites for hydroxylation is 1. The quantitative estimate of drug-likeness (QED) is 0.437. The highest BCUT2D eigenvalue weighted by Crippen LogP contribution is 2.21. The molecule has 3 aromatic rings. The van der Waals surface area contributed by atoms with E-state index in [1.165, 1.54) is 12.1 Å². The number of nitrogens with one attached hydrogen (secondary N) is 1. The predicted molar refractivity (Wildman–Crippen MR) is 116 cm³/mol. The molecule has 3 N–H and O–H groups in total. The maximum absolute atomic E-state index is 12.2. The molecule has 0 aliphatic heterocycles. The molecule has 0 atom stereocenters. The van der Waals surface area contributed by atoms with Gasteiger partial charge < -0.3 is 4.57 Å². The number of aromatic nitrogens is 1. The van der Waals surface area contributed by atoms with Crippen LogP contribution in [-0.4, -0.2) is 25.1 Å². The number of benzene rings is 2. The number of rotatable bonds is 5. The van der Waals surface area contributed by atoms with Gasteiger partial charge in [-0.25, -0.2) is 19.0 Å². The molecule has 0 aliphatic rings. The zero-order chi connectivity index (χ0) is 21.2. The first kappa shape index (κ1) is 21.0. The molecule has 29 heavy (non-hydrogen) atoms. The topological polar surface area (TPSA) is 107 Å². The number of amides is 1. The summed E-state index contributed by atoms with van der Waals surface area (Å²) in [6.45, 7) is 3.84. The minimum Gasteiger partial charge on any atom is -0.318 e. The number of hydrazone groups is 1. The number of sulfonamides is 1. The van der Waals surface area contributed by atoms with Crippen molar-refractivity contribution < 1.29 is 13.2 Å². The number of nitrogens with zero attached hydrogens (tertiary/aromatic N) is 2. The van der Waals surface area contributed by atoms with E-state index in [0.29, 0.717) is 10.0 Å². The monoisotopic (exact) mass is 474 g/mol. The van der Waals surface area contributed by atoms with Gasteiger partial charge in [-0.05, 0) is 72.2 Å². The molecule has 0 aliphatic carbocycles. The first-order valence-corrected chi connectivity index (χ1v) is 10.9. The molecule has 1 aromatic heterocycles. The third-order valence-corrected chi connectivity index (χ3v) is 6.00. The molecule has 0 radical (unpaired) electrons. The fraction of sp³-hybridized carbons (Fsp3) is 0.100. The molecule has 1 amide bonds. The second-order valence-corrected chi connectivity index (χ2v) is 8.80. The SMILES string of the molecule is Cc1cc(/C=N/NC(=O)c2ccccc2Br)c(C)n1-c1ccc(S(N)(=O)=O)cc1. The first-order chi connectivity index (χ1) is 13.7. The van der Waals surface area contributed by atoms with E-state index in [2.05, 4.69) is 26.5 Å². The van der Waals surface area contributed by atoms with Crippen molar-refractivity contribution >= 4 is 38.1 Å². The lowest BCUT2D eigenvalue weighted by molar-refractivity contribution is 0.0954. The molecular weight excluding hydrogens is 456 g/mol. The molecule has 2 aromatic carbocycles. The van der Waals surface area contributed by atoms with Crippen molar-refractivity contribution in [3.05, 3.63) is 81.6 Å². The van der Waals surface area contributed by atoms with Gasteiger partial charge in [-0.3, -0.25) is 4.79 Å². The number of hydrogen-bond acceptors (Lipinski definition) is 4. The standard InChI is InChI=1S/C20H19BrN4O3S/c1-13-11-15(12-23-24-20(26)18-5-3-4-6-19(18)21)14(2)25(13)16-7-9-17(10-8-16)29(22,27)28/h3-12H,1-2H3,(H,24,26)(H2,22,27,28)/b23-12+. The lowest BCUT2D eigenvalue weighted by atomic mass is 10.2. The van der Waals surface area contributed by atoms with Crippen LogP contribution in [0.15, 0.2) is 69.1 Å². The van der Waals surface area contributed by atoms with E-state index in [4.69, 9.17) is 5.14 Å². The van der Waals surface area contributed by atoms with Gasteiger partial charge in [0.15, 0.2) is 0 Å². The first-order valence-electron chi connectivity index (χ1n) is 8.58. The summed E-state index contributed by atoms with van der Waals surface area (Å²) in [6, 6.07) is 15.3. The Kier molecular flexibility index (Phi) is 6.02. The van der Waals surface area contributed by atoms with Crippen LogP contribution >= 0.6 is 15.9 Å². The van der Waals surface area contributed by atoms with Crippen molar-refractivity contribution in [1.29, 1.82) is 0 Å². The average molecular weight is 475 g/mol. The van der Waals surface area contributed by atoms with Crippen LogP contribution in [0.2, 0.25) is 0 Å². The molecule has 150 valence electrons. The smallest absolute Gasteiger partial charge is 0.272 e. The van der Waals surface area contributed by atoms with Crippen molar-refractivity contribution in [3.8, 4) is 5.69 Å². The Balaban J connectivity index is 1.82. The summed E-state index contributed by atoms with van der Waals surface area (Å²) in [5, 5.41) is 9.21. The van der Waals surface area contributed by atoms with Gasteiger partial charge in [0.05, 0.1) is 16.7 Å². The Hall–Kier alpha value is -2.75. The van der Waals surface area contributed by atoms with E-state index in [0.717, 1.165) is 22.6 Å². The molecular formula is C20H19BrN4O3S. The van der Waals surface area contributed by atoms with Crippen LogP contribution in [0, 0.1) is 13.8 Å². The Morgan fingerprint density at radius 1 is 1.14 bits per heavy atom. The molecule has 0 spiro atoms. The third-order valence-electron chi connectivity index (χ3n) is 4.38. The van der Waals surface area contributed by atoms with Gasteiger partial charge in [-0.2, -0.15) is 5.10 Å². The average Bonchev–Trinajstić information content (AvgIpc) is 2.95. The molecule has 9 heteroatoms. The highest BCUT2D eigenvalue weighted by molar-refractivity contribution is 9.10. The van der Waals surface area contributed by atoms with Crippen LogP contribution in [0.3, 0.4) is 0 Å². The van der Waals surface area contributed by atoms with Gasteiger partial charge in [0.2, 0.25) is 10.0 Å². The second kappa shape index (κ2) is 8.32. The molecule has 0 bridgehead atoms. The van der Waals surface area contributed by atoms with Crippen LogP contribution in [0.4, 0.5) is 0 Å². The highest BCUT2D eigenvalue weighted by atomic mass is 79.9. The summed E-state index contributed by atoms with van der Waals surface area (Å²) in [7, 11) is -3.74. The molecule has 3 rings (SSSR count). The third kappa shape index (κ3) is 4.64. The summed E-state index contributed by atoms with van der Waals surface area (Å²) < 4.78 is 25.5. The summed E-state index contributed by atoms with van der Waals surface area (Å²) in [5.74, 6) is -0.318. The number of hydrogen-bond donors (Lipinski definition) is 2. The zero-order valence-electron chi connectivity index (χ0n) is 15.8. The highest BCUT2D eigenvalue weighted by Gasteiger charge is 2.12. The van der Waals surface area contributed by atoms with Crippen molar-refractivity contribution in [1.82, 2.24) is 9.99 Å². The second-order valence-electron chi connectivity index (χ2n) is 6.38. The van der Waals surface area contributed by atoms with Gasteiger partial charge in [-0.1, -0.05) is 12.1 Å². The number of carbonyl (C=O) groups excluding carboxylic acids is 1. The number of carbonyl (C=O) groups is 1. The van der Waals surface area contributed by atoms with Crippen molar-refractivity contribution in [3.63, 3.8) is 0 Å². The van der Waals surface area contributed by atoms with Crippen LogP contribution in [0.1, 0.15) is 27.3 Å². The van der Waals surface area contributed by atoms with Gasteiger partial charge in [0.25, 0.3) is 5.91 Å². The Labute approximate surface area is 177 Å². The van der Waals surface area contributed by atoms with E-state index in [1.54, 1.807) is 36.5 Å². The van der Waals surface area contributed by atoms with Crippen molar-refractivity contribution in [2.75, 3.05) is 0 Å². The maximum atomic E-state index is 12.2. The predicted octanol–water partition coefficient (Wildman–Crippen LogP) is 3.27. The minimum absolute atomic E-state index is 0.0558. The lowest BCUT2D eigenvalue weighted by Crippen LogP contribution is -2.18. The fourth-order valence-corrected chi connectivity index (χ4v) is 3.95. The molecule has 0 saturated carbocycles. The number of primary sulfonamides is 1. The maximum Gasteiger partial charge on any atom is 0.272 e. The van der Waals surface area contributed by atoms with Gasteiger partial charge in [0.1, 0.15) is 0 Å². The van der Waals surface area contributed by atoms with Crippen molar-refractivity contribution in [2.24, 2.45) is 10.2 Å². The largest absolute Gasteiger partial charge is 0.318 e. The van der Waals surface area contributed by atoms with Crippen LogP contribution < -0.4 is 10.6 Å². The van der Waals surface area contributed by atoms with Crippen LogP contribution in [0.25, 0.3) is 5.69 Å². The number of nitrogens with two attached hydrogens (primary N) is 1. The van der Waals surface area contributed by atoms with Crippen LogP contribution in [0.5, 0.6) is 0 Å². The summed E-state index contributed by atoms with van der Waals surface area (Å²) in [4.78, 5) is 12.3. The molecule has 0 fully saturated rings. The number of halogens is 1. The van der Waals surface area contributed by atoms with Gasteiger partial charge in [0, 0.05) is 27.1 Å².